The van der Waals surface area contributed by atoms with Gasteiger partial charge in [0, 0.05) is 0 Å². The molecular formula is C19H22F2NO2STi. The van der Waals surface area contributed by atoms with Gasteiger partial charge in [0.2, 0.25) is 0 Å². The zero-order chi connectivity index (χ0) is 19.3. The van der Waals surface area contributed by atoms with Crippen LogP contribution in [0.4, 0.5) is 14.5 Å². The second kappa shape index (κ2) is 9.11. The van der Waals surface area contributed by atoms with E-state index < -0.39 is 21.7 Å². The SMILES string of the molecule is CCCCCCN(c1ccc(F)[c]([Ti])c1F)S(=O)(=O)c1ccc(C)cc1. The number of rotatable bonds is 8. The predicted molar refractivity (Wildman–Crippen MR) is 95.8 cm³/mol. The van der Waals surface area contributed by atoms with Crippen LogP contribution in [0.15, 0.2) is 41.3 Å². The van der Waals surface area contributed by atoms with Gasteiger partial charge in [0.15, 0.2) is 0 Å². The maximum absolute atomic E-state index is 14.7. The summed E-state index contributed by atoms with van der Waals surface area (Å²) in [5.41, 5.74) is 0.822. The van der Waals surface area contributed by atoms with Crippen molar-refractivity contribution < 1.29 is 37.6 Å². The van der Waals surface area contributed by atoms with Gasteiger partial charge in [-0.1, -0.05) is 0 Å². The fraction of sp³-hybridized carbons (Fsp3) is 0.368. The van der Waals surface area contributed by atoms with Crippen LogP contribution < -0.4 is 8.17 Å². The number of benzene rings is 2. The first-order chi connectivity index (χ1) is 12.3. The summed E-state index contributed by atoms with van der Waals surface area (Å²) in [4.78, 5) is 0.0972. The fourth-order valence-corrected chi connectivity index (χ4v) is 4.46. The van der Waals surface area contributed by atoms with Crippen molar-refractivity contribution in [3.63, 3.8) is 0 Å². The van der Waals surface area contributed by atoms with Crippen LogP contribution in [0.3, 0.4) is 0 Å². The molecular weight excluding hydrogens is 392 g/mol. The van der Waals surface area contributed by atoms with Gasteiger partial charge < -0.3 is 0 Å². The van der Waals surface area contributed by atoms with Crippen LogP contribution in [0, 0.1) is 18.6 Å². The van der Waals surface area contributed by atoms with Gasteiger partial charge in [-0.3, -0.25) is 0 Å². The fourth-order valence-electron chi connectivity index (χ4n) is 2.62. The zero-order valence-electron chi connectivity index (χ0n) is 14.9. The number of anilines is 1. The van der Waals surface area contributed by atoms with Gasteiger partial charge in [0.25, 0.3) is 0 Å². The monoisotopic (exact) mass is 414 g/mol. The number of aryl methyl sites for hydroxylation is 1. The molecule has 0 fully saturated rings. The molecule has 0 atom stereocenters. The van der Waals surface area contributed by atoms with Crippen molar-refractivity contribution in [2.75, 3.05) is 10.8 Å². The van der Waals surface area contributed by atoms with Crippen molar-refractivity contribution in [2.24, 2.45) is 0 Å². The van der Waals surface area contributed by atoms with Crippen LogP contribution in [0.5, 0.6) is 0 Å². The van der Waals surface area contributed by atoms with E-state index in [1.54, 1.807) is 12.1 Å². The molecule has 0 aliphatic rings. The van der Waals surface area contributed by atoms with E-state index in [0.717, 1.165) is 35.2 Å². The molecule has 2 aromatic rings. The Morgan fingerprint density at radius 3 is 2.27 bits per heavy atom. The average Bonchev–Trinajstić information content (AvgIpc) is 2.61. The number of unbranched alkanes of at least 4 members (excludes halogenated alkanes) is 3. The Kier molecular flexibility index (Phi) is 7.38. The van der Waals surface area contributed by atoms with Crippen molar-refractivity contribution in [1.29, 1.82) is 0 Å². The second-order valence-corrected chi connectivity index (χ2v) is 8.85. The van der Waals surface area contributed by atoms with Gasteiger partial charge in [-0.15, -0.1) is 0 Å². The summed E-state index contributed by atoms with van der Waals surface area (Å²) in [6, 6.07) is 8.74. The van der Waals surface area contributed by atoms with Gasteiger partial charge >= 0.3 is 166 Å². The summed E-state index contributed by atoms with van der Waals surface area (Å²) in [6.45, 7) is 4.07. The van der Waals surface area contributed by atoms with Crippen LogP contribution in [0.1, 0.15) is 38.2 Å². The normalized spacial score (nSPS) is 11.5. The molecule has 26 heavy (non-hydrogen) atoms. The molecule has 0 N–H and O–H groups in total. The molecule has 139 valence electrons. The van der Waals surface area contributed by atoms with Gasteiger partial charge in [0.05, 0.1) is 0 Å². The number of halogens is 2. The van der Waals surface area contributed by atoms with Crippen molar-refractivity contribution in [2.45, 2.75) is 44.4 Å². The molecule has 0 unspecified atom stereocenters. The van der Waals surface area contributed by atoms with E-state index in [9.17, 15) is 17.2 Å². The Balaban J connectivity index is 2.47. The van der Waals surface area contributed by atoms with Crippen LogP contribution in [-0.4, -0.2) is 15.0 Å². The molecule has 0 radical (unpaired) electrons. The topological polar surface area (TPSA) is 37.4 Å². The quantitative estimate of drug-likeness (QED) is 0.479. The minimum absolute atomic E-state index is 0.0972. The molecule has 2 aromatic carbocycles. The molecule has 0 aromatic heterocycles. The van der Waals surface area contributed by atoms with Gasteiger partial charge in [-0.2, -0.15) is 0 Å². The van der Waals surface area contributed by atoms with E-state index in [0.29, 0.717) is 6.42 Å². The molecule has 3 nitrogen and oxygen atoms in total. The third-order valence-corrected chi connectivity index (χ3v) is 6.71. The Morgan fingerprint density at radius 1 is 1.00 bits per heavy atom. The number of sulfonamides is 1. The molecule has 2 rings (SSSR count). The van der Waals surface area contributed by atoms with E-state index in [1.807, 2.05) is 6.92 Å². The van der Waals surface area contributed by atoms with E-state index in [2.05, 4.69) is 6.92 Å². The van der Waals surface area contributed by atoms with Gasteiger partial charge in [-0.05, 0) is 0 Å². The standard InChI is InChI=1S/C19H22F2NO2S.Ti/c1-3-4-5-6-13-22(19-12-9-16(20)14-18(19)21)25(23,24)17-10-7-15(2)8-11-17;/h7-12H,3-6,13H2,1-2H3;. The van der Waals surface area contributed by atoms with E-state index in [1.165, 1.54) is 38.6 Å². The zero-order valence-corrected chi connectivity index (χ0v) is 17.3. The first-order valence-electron chi connectivity index (χ1n) is 8.58. The molecule has 0 aliphatic carbocycles. The molecule has 0 spiro atoms. The molecule has 0 saturated carbocycles. The minimum atomic E-state index is -3.94. The van der Waals surface area contributed by atoms with Crippen molar-refractivity contribution in [3.05, 3.63) is 53.6 Å². The first kappa shape index (κ1) is 21.1. The summed E-state index contributed by atoms with van der Waals surface area (Å²) in [6.07, 6.45) is 3.44. The molecule has 0 saturated heterocycles. The van der Waals surface area contributed by atoms with E-state index in [4.69, 9.17) is 0 Å². The summed E-state index contributed by atoms with van der Waals surface area (Å²) >= 11 is 1.31. The summed E-state index contributed by atoms with van der Waals surface area (Å²) in [5.74, 6) is -1.53. The first-order valence-corrected chi connectivity index (χ1v) is 10.8. The summed E-state index contributed by atoms with van der Waals surface area (Å²) in [5, 5.41) is 0. The van der Waals surface area contributed by atoms with Gasteiger partial charge in [0.1, 0.15) is 0 Å². The van der Waals surface area contributed by atoms with E-state index >= 15 is 0 Å². The molecule has 0 aliphatic heterocycles. The van der Waals surface area contributed by atoms with Crippen molar-refractivity contribution >= 4 is 19.6 Å². The Morgan fingerprint density at radius 2 is 1.65 bits per heavy atom. The Labute approximate surface area is 165 Å². The number of hydrogen-bond donors (Lipinski definition) is 0. The third kappa shape index (κ3) is 4.73. The van der Waals surface area contributed by atoms with Crippen LogP contribution in [0.25, 0.3) is 0 Å². The maximum atomic E-state index is 14.7. The number of hydrogen-bond acceptors (Lipinski definition) is 2. The number of nitrogens with zero attached hydrogens (tertiary/aromatic N) is 1. The Hall–Kier alpha value is -1.24. The average molecular weight is 414 g/mol. The second-order valence-electron chi connectivity index (χ2n) is 6.21. The van der Waals surface area contributed by atoms with Gasteiger partial charge in [-0.25, -0.2) is 0 Å². The summed E-state index contributed by atoms with van der Waals surface area (Å²) < 4.78 is 55.4. The van der Waals surface area contributed by atoms with Crippen molar-refractivity contribution in [1.82, 2.24) is 0 Å². The molecule has 0 bridgehead atoms. The van der Waals surface area contributed by atoms with E-state index in [-0.39, 0.29) is 21.0 Å². The predicted octanol–water partition coefficient (Wildman–Crippen LogP) is 4.22. The molecule has 7 heteroatoms. The van der Waals surface area contributed by atoms with Crippen LogP contribution in [-0.2, 0) is 30.5 Å². The molecule has 0 heterocycles. The molecule has 0 amide bonds. The van der Waals surface area contributed by atoms with Crippen LogP contribution >= 0.6 is 0 Å². The Bertz CT molecular complexity index is 855. The summed E-state index contributed by atoms with van der Waals surface area (Å²) in [7, 11) is -3.94. The van der Waals surface area contributed by atoms with Crippen LogP contribution in [0.2, 0.25) is 0 Å². The third-order valence-electron chi connectivity index (χ3n) is 4.16. The van der Waals surface area contributed by atoms with Crippen molar-refractivity contribution in [3.8, 4) is 0 Å².